The second kappa shape index (κ2) is 20.6. The highest BCUT2D eigenvalue weighted by molar-refractivity contribution is 7.00. The number of hydrogen-bond donors (Lipinski definition) is 0. The molecule has 434 valence electrons. The second-order valence-electron chi connectivity index (χ2n) is 29.5. The largest absolute Gasteiger partial charge is 0.311 e. The van der Waals surface area contributed by atoms with Crippen LogP contribution < -0.4 is 26.2 Å². The van der Waals surface area contributed by atoms with E-state index < -0.39 is 0 Å². The number of anilines is 6. The van der Waals surface area contributed by atoms with Gasteiger partial charge in [0.05, 0.1) is 0 Å². The van der Waals surface area contributed by atoms with Crippen LogP contribution in [0, 0.1) is 0 Å². The van der Waals surface area contributed by atoms with E-state index in [1.54, 1.807) is 0 Å². The lowest BCUT2D eigenvalue weighted by Crippen LogP contribution is -2.61. The van der Waals surface area contributed by atoms with Crippen LogP contribution in [0.25, 0.3) is 87.6 Å². The SMILES string of the molecule is CC(C)(C)c1cc(N2c3cc4cc5ccccc5cc4cc3B3c4cc5cc6ccccc6cc5cc4N(c4cc(C(C)(C)C)cc(C(C)(C)C)c4)c4cc(-c5c(-c6ccccc6)cc(-c6ccccc6)cc5-c5ccccc5)cc2c43)cc(C(C)(C)C)c1. The van der Waals surface area contributed by atoms with Gasteiger partial charge >= 0.3 is 0 Å². The van der Waals surface area contributed by atoms with Crippen molar-refractivity contribution in [2.75, 3.05) is 9.80 Å². The summed E-state index contributed by atoms with van der Waals surface area (Å²) in [6.45, 7) is 28.3. The van der Waals surface area contributed by atoms with E-state index in [2.05, 4.69) is 342 Å². The van der Waals surface area contributed by atoms with Gasteiger partial charge in [0.25, 0.3) is 6.71 Å². The fourth-order valence-electron chi connectivity index (χ4n) is 14.2. The average molecular weight is 1150 g/mol. The first-order valence-electron chi connectivity index (χ1n) is 32.0. The lowest BCUT2D eigenvalue weighted by molar-refractivity contribution is 0.568. The Morgan fingerprint density at radius 3 is 0.899 bits per heavy atom. The van der Waals surface area contributed by atoms with Crippen LogP contribution in [0.2, 0.25) is 0 Å². The molecule has 0 fully saturated rings. The fraction of sp³-hybridized carbons (Fsp3) is 0.186. The Labute approximate surface area is 527 Å². The Bertz CT molecular complexity index is 4640. The number of hydrogen-bond acceptors (Lipinski definition) is 2. The van der Waals surface area contributed by atoms with Crippen LogP contribution in [0.3, 0.4) is 0 Å². The van der Waals surface area contributed by atoms with Gasteiger partial charge < -0.3 is 9.80 Å². The zero-order valence-corrected chi connectivity index (χ0v) is 53.6. The van der Waals surface area contributed by atoms with E-state index in [9.17, 15) is 0 Å². The van der Waals surface area contributed by atoms with E-state index >= 15 is 0 Å². The van der Waals surface area contributed by atoms with Gasteiger partial charge in [0, 0.05) is 34.1 Å². The van der Waals surface area contributed by atoms with Gasteiger partial charge in [-0.1, -0.05) is 247 Å². The van der Waals surface area contributed by atoms with Crippen molar-refractivity contribution in [2.24, 2.45) is 0 Å². The standard InChI is InChI=1S/C86H77BN2/c1-83(2,3)67-48-68(84(4,5)6)51-71(50-67)88-77-44-63-38-59-34-24-22-32-57(59)36-61(63)42-75(77)87-76-43-62-37-58-33-23-25-35-60(58)39-64(62)45-78(76)89(72-52-69(85(7,8)9)49-70(53-72)86(10,11)12)80-47-66(46-79(88)82(80)87)81-73(55-28-18-14-19-29-55)40-65(54-26-16-13-17-27-54)41-74(81)56-30-20-15-21-31-56/h13-53H,1-12H3. The summed E-state index contributed by atoms with van der Waals surface area (Å²) in [5, 5.41) is 9.89. The first kappa shape index (κ1) is 56.1. The van der Waals surface area contributed by atoms with Gasteiger partial charge in [0.15, 0.2) is 0 Å². The zero-order chi connectivity index (χ0) is 61.5. The molecule has 0 atom stereocenters. The molecule has 0 amide bonds. The average Bonchev–Trinajstić information content (AvgIpc) is 0.733. The Kier molecular flexibility index (Phi) is 13.0. The van der Waals surface area contributed by atoms with Crippen LogP contribution in [-0.4, -0.2) is 6.71 Å². The molecule has 0 radical (unpaired) electrons. The Morgan fingerprint density at radius 2 is 0.562 bits per heavy atom. The van der Waals surface area contributed by atoms with Crippen LogP contribution in [-0.2, 0) is 21.7 Å². The van der Waals surface area contributed by atoms with Crippen LogP contribution >= 0.6 is 0 Å². The maximum Gasteiger partial charge on any atom is 0.252 e. The molecule has 15 rings (SSSR count). The third kappa shape index (κ3) is 9.82. The fourth-order valence-corrected chi connectivity index (χ4v) is 14.2. The van der Waals surface area contributed by atoms with Gasteiger partial charge in [-0.15, -0.1) is 0 Å². The van der Waals surface area contributed by atoms with Crippen molar-refractivity contribution < 1.29 is 0 Å². The van der Waals surface area contributed by atoms with Crippen molar-refractivity contribution in [3.05, 3.63) is 271 Å². The van der Waals surface area contributed by atoms with E-state index in [0.29, 0.717) is 0 Å². The van der Waals surface area contributed by atoms with Crippen LogP contribution in [0.5, 0.6) is 0 Å². The maximum absolute atomic E-state index is 2.69. The van der Waals surface area contributed by atoms with Gasteiger partial charge in [0.2, 0.25) is 0 Å². The molecule has 2 nitrogen and oxygen atoms in total. The quantitative estimate of drug-likeness (QED) is 0.121. The molecule has 3 heteroatoms. The summed E-state index contributed by atoms with van der Waals surface area (Å²) < 4.78 is 0. The molecule has 2 aliphatic rings. The van der Waals surface area contributed by atoms with Gasteiger partial charge in [-0.3, -0.25) is 0 Å². The number of fused-ring (bicyclic) bond motifs is 8. The van der Waals surface area contributed by atoms with E-state index in [-0.39, 0.29) is 28.4 Å². The lowest BCUT2D eigenvalue weighted by Gasteiger charge is -2.45. The summed E-state index contributed by atoms with van der Waals surface area (Å²) in [7, 11) is 0. The molecule has 89 heavy (non-hydrogen) atoms. The summed E-state index contributed by atoms with van der Waals surface area (Å²) in [5.74, 6) is 0. The smallest absolute Gasteiger partial charge is 0.252 e. The predicted molar refractivity (Wildman–Crippen MR) is 387 cm³/mol. The van der Waals surface area contributed by atoms with Crippen molar-refractivity contribution in [1.29, 1.82) is 0 Å². The summed E-state index contributed by atoms with van der Waals surface area (Å²) in [6.07, 6.45) is 0. The molecular weight excluding hydrogens is 1070 g/mol. The number of nitrogens with zero attached hydrogens (tertiary/aromatic N) is 2. The Morgan fingerprint density at radius 1 is 0.247 bits per heavy atom. The topological polar surface area (TPSA) is 6.48 Å². The van der Waals surface area contributed by atoms with Crippen molar-refractivity contribution >= 4 is 100 Å². The van der Waals surface area contributed by atoms with E-state index in [0.717, 1.165) is 5.56 Å². The van der Waals surface area contributed by atoms with Crippen LogP contribution in [0.1, 0.15) is 105 Å². The zero-order valence-electron chi connectivity index (χ0n) is 53.6. The second-order valence-corrected chi connectivity index (χ2v) is 29.5. The van der Waals surface area contributed by atoms with Crippen molar-refractivity contribution in [2.45, 2.75) is 105 Å². The predicted octanol–water partition coefficient (Wildman–Crippen LogP) is 22.2. The van der Waals surface area contributed by atoms with Crippen molar-refractivity contribution in [3.63, 3.8) is 0 Å². The first-order valence-corrected chi connectivity index (χ1v) is 32.0. The van der Waals surface area contributed by atoms with Gasteiger partial charge in [-0.05, 0) is 233 Å². The van der Waals surface area contributed by atoms with Crippen molar-refractivity contribution in [3.8, 4) is 44.5 Å². The molecule has 0 aliphatic carbocycles. The minimum absolute atomic E-state index is 0.139. The Hall–Kier alpha value is -9.44. The minimum Gasteiger partial charge on any atom is -0.311 e. The third-order valence-corrected chi connectivity index (χ3v) is 19.2. The summed E-state index contributed by atoms with van der Waals surface area (Å²) in [4.78, 5) is 5.39. The Balaban J connectivity index is 1.16. The molecule has 0 bridgehead atoms. The molecule has 0 saturated heterocycles. The minimum atomic E-state index is -0.151. The number of rotatable bonds is 6. The molecule has 0 spiro atoms. The number of benzene rings is 13. The van der Waals surface area contributed by atoms with Crippen molar-refractivity contribution in [1.82, 2.24) is 0 Å². The highest BCUT2D eigenvalue weighted by Crippen LogP contribution is 2.52. The summed E-state index contributed by atoms with van der Waals surface area (Å²) in [5.41, 5.74) is 25.1. The van der Waals surface area contributed by atoms with Crippen LogP contribution in [0.4, 0.5) is 34.1 Å². The molecule has 0 unspecified atom stereocenters. The van der Waals surface area contributed by atoms with E-state index in [1.165, 1.54) is 155 Å². The van der Waals surface area contributed by atoms with Gasteiger partial charge in [-0.2, -0.15) is 0 Å². The van der Waals surface area contributed by atoms with Gasteiger partial charge in [0.1, 0.15) is 0 Å². The van der Waals surface area contributed by atoms with E-state index in [4.69, 9.17) is 0 Å². The van der Waals surface area contributed by atoms with E-state index in [1.807, 2.05) is 0 Å². The normalized spacial score (nSPS) is 13.3. The monoisotopic (exact) mass is 1150 g/mol. The molecule has 0 N–H and O–H groups in total. The molecule has 0 saturated carbocycles. The molecule has 13 aromatic rings. The lowest BCUT2D eigenvalue weighted by atomic mass is 9.33. The molecule has 0 aromatic heterocycles. The summed E-state index contributed by atoms with van der Waals surface area (Å²) >= 11 is 0. The molecule has 2 heterocycles. The molecule has 13 aromatic carbocycles. The maximum atomic E-state index is 2.69. The highest BCUT2D eigenvalue weighted by Gasteiger charge is 2.45. The summed E-state index contributed by atoms with van der Waals surface area (Å²) in [6, 6.07) is 96.0. The highest BCUT2D eigenvalue weighted by atomic mass is 15.2. The third-order valence-electron chi connectivity index (χ3n) is 19.2. The van der Waals surface area contributed by atoms with Crippen LogP contribution in [0.15, 0.2) is 249 Å². The van der Waals surface area contributed by atoms with Gasteiger partial charge in [-0.25, -0.2) is 0 Å². The first-order chi connectivity index (χ1) is 42.6. The molecular formula is C86H77BN2. The molecule has 2 aliphatic heterocycles.